The highest BCUT2D eigenvalue weighted by Crippen LogP contribution is 2.45. The van der Waals surface area contributed by atoms with Crippen LogP contribution in [0, 0.1) is 13.8 Å². The van der Waals surface area contributed by atoms with E-state index in [0.717, 1.165) is 28.6 Å². The Labute approximate surface area is 203 Å². The largest absolute Gasteiger partial charge is 0.454 e. The van der Waals surface area contributed by atoms with Gasteiger partial charge in [0.25, 0.3) is 0 Å². The van der Waals surface area contributed by atoms with Crippen LogP contribution >= 0.6 is 12.2 Å². The van der Waals surface area contributed by atoms with Crippen molar-refractivity contribution in [2.24, 2.45) is 0 Å². The lowest BCUT2D eigenvalue weighted by molar-refractivity contribution is 0.174. The fourth-order valence-electron chi connectivity index (χ4n) is 5.05. The summed E-state index contributed by atoms with van der Waals surface area (Å²) in [5.74, 6) is 1.48. The van der Waals surface area contributed by atoms with Crippen molar-refractivity contribution in [3.05, 3.63) is 102 Å². The number of fused-ring (bicyclic) bond motifs is 1. The molecule has 1 saturated heterocycles. The predicted octanol–water partition coefficient (Wildman–Crippen LogP) is 5.39. The number of anilines is 1. The molecule has 2 aliphatic rings. The number of aromatic nitrogens is 2. The van der Waals surface area contributed by atoms with Gasteiger partial charge in [0.05, 0.1) is 17.8 Å². The van der Waals surface area contributed by atoms with Crippen molar-refractivity contribution in [3.63, 3.8) is 0 Å². The standard InChI is InChI=1S/C27H24N4O2S/c1-17-14-21(18(2)30(17)19-8-4-3-5-9-19)26-25(22-10-6-7-13-28-22)29-27(34)31(26)20-11-12-23-24(15-20)33-16-32-23/h3-15,25-26H,16H2,1-2H3,(H,29,34). The molecule has 6 nitrogen and oxygen atoms in total. The Balaban J connectivity index is 1.51. The van der Waals surface area contributed by atoms with Gasteiger partial charge in [0.15, 0.2) is 16.6 Å². The summed E-state index contributed by atoms with van der Waals surface area (Å²) in [5.41, 5.74) is 6.58. The van der Waals surface area contributed by atoms with E-state index in [9.17, 15) is 0 Å². The van der Waals surface area contributed by atoms with Gasteiger partial charge in [-0.25, -0.2) is 0 Å². The van der Waals surface area contributed by atoms with Crippen molar-refractivity contribution in [1.29, 1.82) is 0 Å². The van der Waals surface area contributed by atoms with Crippen molar-refractivity contribution < 1.29 is 9.47 Å². The zero-order chi connectivity index (χ0) is 23.2. The molecule has 2 aliphatic heterocycles. The molecule has 0 saturated carbocycles. The number of hydrogen-bond acceptors (Lipinski definition) is 4. The van der Waals surface area contributed by atoms with E-state index in [4.69, 9.17) is 21.7 Å². The maximum atomic E-state index is 5.89. The minimum Gasteiger partial charge on any atom is -0.454 e. The number of thiocarbonyl (C=S) groups is 1. The molecule has 0 spiro atoms. The Morgan fingerprint density at radius 3 is 2.50 bits per heavy atom. The molecule has 1 N–H and O–H groups in total. The van der Waals surface area contributed by atoms with Crippen LogP contribution in [-0.2, 0) is 0 Å². The summed E-state index contributed by atoms with van der Waals surface area (Å²) in [7, 11) is 0. The fourth-order valence-corrected chi connectivity index (χ4v) is 5.39. The van der Waals surface area contributed by atoms with Crippen LogP contribution in [0.1, 0.15) is 34.7 Å². The fraction of sp³-hybridized carbons (Fsp3) is 0.185. The first-order valence-electron chi connectivity index (χ1n) is 11.3. The molecule has 0 amide bonds. The maximum Gasteiger partial charge on any atom is 0.231 e. The van der Waals surface area contributed by atoms with Gasteiger partial charge < -0.3 is 24.3 Å². The van der Waals surface area contributed by atoms with Crippen LogP contribution in [0.4, 0.5) is 5.69 Å². The normalized spacial score (nSPS) is 18.9. The first kappa shape index (κ1) is 20.7. The van der Waals surface area contributed by atoms with E-state index in [1.165, 1.54) is 17.0 Å². The Hall–Kier alpha value is -3.84. The number of ether oxygens (including phenoxy) is 2. The highest BCUT2D eigenvalue weighted by molar-refractivity contribution is 7.80. The molecule has 170 valence electrons. The van der Waals surface area contributed by atoms with E-state index in [0.29, 0.717) is 5.11 Å². The van der Waals surface area contributed by atoms with Gasteiger partial charge in [-0.05, 0) is 74.1 Å². The number of hydrogen-bond donors (Lipinski definition) is 1. The third kappa shape index (κ3) is 3.31. The van der Waals surface area contributed by atoms with Crippen LogP contribution in [-0.4, -0.2) is 21.5 Å². The third-order valence-corrected chi connectivity index (χ3v) is 6.85. The second kappa shape index (κ2) is 8.18. The average molecular weight is 469 g/mol. The first-order valence-corrected chi connectivity index (χ1v) is 11.7. The maximum absolute atomic E-state index is 5.89. The van der Waals surface area contributed by atoms with Crippen LogP contribution < -0.4 is 19.7 Å². The van der Waals surface area contributed by atoms with E-state index in [2.05, 4.69) is 63.9 Å². The molecule has 6 rings (SSSR count). The van der Waals surface area contributed by atoms with Gasteiger partial charge in [-0.15, -0.1) is 0 Å². The molecule has 2 aromatic carbocycles. The summed E-state index contributed by atoms with van der Waals surface area (Å²) in [6.07, 6.45) is 1.83. The Kier molecular flexibility index (Phi) is 4.99. The summed E-state index contributed by atoms with van der Waals surface area (Å²) in [4.78, 5) is 6.85. The second-order valence-electron chi connectivity index (χ2n) is 8.53. The third-order valence-electron chi connectivity index (χ3n) is 6.54. The first-order chi connectivity index (χ1) is 16.6. The lowest BCUT2D eigenvalue weighted by Gasteiger charge is -2.28. The molecule has 0 bridgehead atoms. The van der Waals surface area contributed by atoms with Gasteiger partial charge in [-0.2, -0.15) is 0 Å². The smallest absolute Gasteiger partial charge is 0.231 e. The van der Waals surface area contributed by atoms with Crippen molar-refractivity contribution in [1.82, 2.24) is 14.9 Å². The van der Waals surface area contributed by atoms with Crippen LogP contribution in [0.15, 0.2) is 79.0 Å². The van der Waals surface area contributed by atoms with Crippen LogP contribution in [0.3, 0.4) is 0 Å². The highest BCUT2D eigenvalue weighted by Gasteiger charge is 2.42. The molecule has 1 fully saturated rings. The molecule has 0 radical (unpaired) electrons. The molecular formula is C27H24N4O2S. The predicted molar refractivity (Wildman–Crippen MR) is 136 cm³/mol. The van der Waals surface area contributed by atoms with Crippen molar-refractivity contribution in [3.8, 4) is 17.2 Å². The molecular weight excluding hydrogens is 444 g/mol. The van der Waals surface area contributed by atoms with E-state index >= 15 is 0 Å². The number of benzene rings is 2. The molecule has 2 unspecified atom stereocenters. The SMILES string of the molecule is Cc1cc(C2C(c3ccccn3)NC(=S)N2c2ccc3c(c2)OCO3)c(C)n1-c1ccccc1. The number of rotatable bonds is 4. The van der Waals surface area contributed by atoms with Crippen LogP contribution in [0.2, 0.25) is 0 Å². The minimum atomic E-state index is -0.108. The van der Waals surface area contributed by atoms with Gasteiger partial charge in [-0.3, -0.25) is 4.98 Å². The van der Waals surface area contributed by atoms with E-state index in [1.54, 1.807) is 0 Å². The molecule has 34 heavy (non-hydrogen) atoms. The monoisotopic (exact) mass is 468 g/mol. The van der Waals surface area contributed by atoms with Gasteiger partial charge >= 0.3 is 0 Å². The molecule has 2 aromatic heterocycles. The van der Waals surface area contributed by atoms with E-state index < -0.39 is 0 Å². The number of aryl methyl sites for hydroxylation is 1. The molecule has 7 heteroatoms. The van der Waals surface area contributed by atoms with E-state index in [1.807, 2.05) is 48.7 Å². The van der Waals surface area contributed by atoms with Crippen LogP contribution in [0.5, 0.6) is 11.5 Å². The molecule has 4 heterocycles. The topological polar surface area (TPSA) is 51.6 Å². The van der Waals surface area contributed by atoms with Crippen molar-refractivity contribution >= 4 is 23.0 Å². The number of nitrogens with one attached hydrogen (secondary N) is 1. The summed E-state index contributed by atoms with van der Waals surface area (Å²) in [6.45, 7) is 4.55. The Morgan fingerprint density at radius 2 is 1.71 bits per heavy atom. The summed E-state index contributed by atoms with van der Waals surface area (Å²) in [5, 5.41) is 4.20. The average Bonchev–Trinajstić information content (AvgIpc) is 3.54. The summed E-state index contributed by atoms with van der Waals surface area (Å²) >= 11 is 5.89. The molecule has 0 aliphatic carbocycles. The van der Waals surface area contributed by atoms with E-state index in [-0.39, 0.29) is 18.9 Å². The lowest BCUT2D eigenvalue weighted by atomic mass is 9.96. The van der Waals surface area contributed by atoms with Crippen molar-refractivity contribution in [2.75, 3.05) is 11.7 Å². The van der Waals surface area contributed by atoms with Gasteiger partial charge in [0, 0.05) is 35.0 Å². The van der Waals surface area contributed by atoms with Crippen molar-refractivity contribution in [2.45, 2.75) is 25.9 Å². The minimum absolute atomic E-state index is 0.0913. The van der Waals surface area contributed by atoms with Gasteiger partial charge in [-0.1, -0.05) is 24.3 Å². The van der Waals surface area contributed by atoms with Gasteiger partial charge in [0.1, 0.15) is 0 Å². The molecule has 2 atom stereocenters. The zero-order valence-electron chi connectivity index (χ0n) is 18.9. The Morgan fingerprint density at radius 1 is 0.912 bits per heavy atom. The summed E-state index contributed by atoms with van der Waals surface area (Å²) in [6, 6.07) is 24.5. The number of nitrogens with zero attached hydrogens (tertiary/aromatic N) is 3. The van der Waals surface area contributed by atoms with Gasteiger partial charge in [0.2, 0.25) is 6.79 Å². The highest BCUT2D eigenvalue weighted by atomic mass is 32.1. The number of pyridine rings is 1. The second-order valence-corrected chi connectivity index (χ2v) is 8.92. The quantitative estimate of drug-likeness (QED) is 0.405. The molecule has 4 aromatic rings. The summed E-state index contributed by atoms with van der Waals surface area (Å²) < 4.78 is 13.5. The zero-order valence-corrected chi connectivity index (χ0v) is 19.8. The van der Waals surface area contributed by atoms with Crippen LogP contribution in [0.25, 0.3) is 5.69 Å². The lowest BCUT2D eigenvalue weighted by Crippen LogP contribution is -2.29. The Bertz CT molecular complexity index is 1370. The number of para-hydroxylation sites is 1.